The molecule has 0 unspecified atom stereocenters. The normalized spacial score (nSPS) is 11.9. The van der Waals surface area contributed by atoms with Crippen molar-refractivity contribution in [2.45, 2.75) is 32.0 Å². The molecule has 0 saturated carbocycles. The van der Waals surface area contributed by atoms with E-state index in [1.54, 1.807) is 18.2 Å². The minimum Gasteiger partial charge on any atom is -0.477 e. The van der Waals surface area contributed by atoms with Crippen molar-refractivity contribution in [1.82, 2.24) is 14.8 Å². The first kappa shape index (κ1) is 22.5. The predicted octanol–water partition coefficient (Wildman–Crippen LogP) is 6.47. The first-order chi connectivity index (χ1) is 15.4. The fourth-order valence-corrected chi connectivity index (χ4v) is 4.59. The molecule has 0 radical (unpaired) electrons. The van der Waals surface area contributed by atoms with Crippen LogP contribution < -0.4 is 0 Å². The Morgan fingerprint density at radius 2 is 2.00 bits per heavy atom. The van der Waals surface area contributed by atoms with E-state index in [1.807, 2.05) is 44.2 Å². The summed E-state index contributed by atoms with van der Waals surface area (Å²) in [4.78, 5) is 12.1. The van der Waals surface area contributed by atoms with Crippen molar-refractivity contribution in [3.63, 3.8) is 0 Å². The lowest BCUT2D eigenvalue weighted by Gasteiger charge is -2.11. The average Bonchev–Trinajstić information content (AvgIpc) is 3.33. The molecule has 1 N–H and O–H groups in total. The number of aryl methyl sites for hydroxylation is 1. The van der Waals surface area contributed by atoms with E-state index < -0.39 is 5.97 Å². The van der Waals surface area contributed by atoms with E-state index in [0.29, 0.717) is 28.9 Å². The van der Waals surface area contributed by atoms with E-state index in [-0.39, 0.29) is 10.1 Å². The number of halogens is 2. The largest absolute Gasteiger partial charge is 0.477 e. The van der Waals surface area contributed by atoms with Gasteiger partial charge in [0.15, 0.2) is 0 Å². The van der Waals surface area contributed by atoms with Gasteiger partial charge in [-0.05, 0) is 48.5 Å². The van der Waals surface area contributed by atoms with E-state index in [4.69, 9.17) is 27.6 Å². The fourth-order valence-electron chi connectivity index (χ4n) is 3.45. The van der Waals surface area contributed by atoms with Crippen LogP contribution in [0.3, 0.4) is 0 Å². The summed E-state index contributed by atoms with van der Waals surface area (Å²) in [5.41, 5.74) is 3.62. The molecule has 4 rings (SSSR count). The van der Waals surface area contributed by atoms with Crippen LogP contribution in [-0.2, 0) is 17.8 Å². The number of benzene rings is 2. The second-order valence-electron chi connectivity index (χ2n) is 7.07. The number of para-hydroxylation sites is 1. The monoisotopic (exact) mass is 487 g/mol. The van der Waals surface area contributed by atoms with Crippen molar-refractivity contribution in [3.05, 3.63) is 80.1 Å². The molecular formula is C23H19Cl2N3O3S. The first-order valence-corrected chi connectivity index (χ1v) is 11.4. The number of carbonyl (C=O) groups is 1. The number of rotatable bonds is 7. The maximum atomic E-state index is 12.0. The minimum absolute atomic E-state index is 0.0897. The van der Waals surface area contributed by atoms with Crippen molar-refractivity contribution in [2.24, 2.45) is 0 Å². The van der Waals surface area contributed by atoms with Gasteiger partial charge in [-0.3, -0.25) is 0 Å². The number of aromatic nitrogens is 3. The highest BCUT2D eigenvalue weighted by molar-refractivity contribution is 8.03. The fraction of sp³-hybridized carbons (Fsp3) is 0.174. The Hall–Kier alpha value is -2.74. The summed E-state index contributed by atoms with van der Waals surface area (Å²) in [7, 11) is 0. The maximum Gasteiger partial charge on any atom is 0.342 e. The molecule has 0 aliphatic heterocycles. The minimum atomic E-state index is -1.07. The zero-order valence-corrected chi connectivity index (χ0v) is 19.6. The summed E-state index contributed by atoms with van der Waals surface area (Å²) in [6.07, 6.45) is 2.24. The Balaban J connectivity index is 1.79. The van der Waals surface area contributed by atoms with Crippen molar-refractivity contribution >= 4 is 57.9 Å². The van der Waals surface area contributed by atoms with Crippen molar-refractivity contribution < 1.29 is 14.3 Å². The van der Waals surface area contributed by atoms with Gasteiger partial charge in [0.2, 0.25) is 5.89 Å². The second kappa shape index (κ2) is 9.40. The molecule has 0 fully saturated rings. The molecule has 0 atom stereocenters. The van der Waals surface area contributed by atoms with Crippen molar-refractivity contribution in [2.75, 3.05) is 0 Å². The lowest BCUT2D eigenvalue weighted by molar-refractivity contribution is -0.131. The van der Waals surface area contributed by atoms with E-state index >= 15 is 0 Å². The van der Waals surface area contributed by atoms with Gasteiger partial charge in [-0.15, -0.1) is 10.2 Å². The van der Waals surface area contributed by atoms with Gasteiger partial charge in [0.05, 0.1) is 0 Å². The number of aliphatic carboxylic acids is 1. The zero-order chi connectivity index (χ0) is 22.8. The van der Waals surface area contributed by atoms with Crippen LogP contribution in [0.2, 0.25) is 10.0 Å². The van der Waals surface area contributed by atoms with Gasteiger partial charge in [-0.25, -0.2) is 4.79 Å². The molecule has 2 aromatic carbocycles. The van der Waals surface area contributed by atoms with E-state index in [9.17, 15) is 9.90 Å². The SMILES string of the molecule is CCc1nnc(S/C(=C\c2c(C)n(Cc3ccc(Cl)cc3Cl)c3ccccc23)C(=O)O)o1. The van der Waals surface area contributed by atoms with E-state index in [2.05, 4.69) is 14.8 Å². The van der Waals surface area contributed by atoms with E-state index in [0.717, 1.165) is 39.5 Å². The molecule has 164 valence electrons. The highest BCUT2D eigenvalue weighted by atomic mass is 35.5. The molecule has 0 aliphatic carbocycles. The molecule has 9 heteroatoms. The predicted molar refractivity (Wildman–Crippen MR) is 127 cm³/mol. The van der Waals surface area contributed by atoms with Crippen LogP contribution in [-0.4, -0.2) is 25.8 Å². The molecule has 0 aliphatic rings. The Labute approximate surface area is 198 Å². The molecule has 0 amide bonds. The summed E-state index contributed by atoms with van der Waals surface area (Å²) >= 11 is 13.4. The van der Waals surface area contributed by atoms with Crippen LogP contribution in [0.4, 0.5) is 0 Å². The lowest BCUT2D eigenvalue weighted by Crippen LogP contribution is -2.03. The van der Waals surface area contributed by atoms with Gasteiger partial charge >= 0.3 is 5.97 Å². The third kappa shape index (κ3) is 4.55. The topological polar surface area (TPSA) is 81.2 Å². The molecule has 4 aromatic rings. The number of nitrogens with zero attached hydrogens (tertiary/aromatic N) is 3. The smallest absolute Gasteiger partial charge is 0.342 e. The number of hydrogen-bond donors (Lipinski definition) is 1. The van der Waals surface area contributed by atoms with Crippen LogP contribution in [0.15, 0.2) is 57.0 Å². The lowest BCUT2D eigenvalue weighted by atomic mass is 10.1. The highest BCUT2D eigenvalue weighted by Gasteiger charge is 2.19. The highest BCUT2D eigenvalue weighted by Crippen LogP contribution is 2.34. The van der Waals surface area contributed by atoms with E-state index in [1.165, 1.54) is 0 Å². The second-order valence-corrected chi connectivity index (χ2v) is 8.91. The quantitative estimate of drug-likeness (QED) is 0.237. The number of thioether (sulfide) groups is 1. The van der Waals surface area contributed by atoms with Crippen LogP contribution in [0.25, 0.3) is 17.0 Å². The first-order valence-electron chi connectivity index (χ1n) is 9.84. The van der Waals surface area contributed by atoms with Gasteiger partial charge in [0, 0.05) is 45.2 Å². The number of fused-ring (bicyclic) bond motifs is 1. The Morgan fingerprint density at radius 1 is 1.22 bits per heavy atom. The molecule has 0 spiro atoms. The average molecular weight is 488 g/mol. The molecule has 6 nitrogen and oxygen atoms in total. The van der Waals surface area contributed by atoms with Crippen molar-refractivity contribution in [1.29, 1.82) is 0 Å². The van der Waals surface area contributed by atoms with Crippen LogP contribution in [0.1, 0.15) is 29.6 Å². The third-order valence-electron chi connectivity index (χ3n) is 5.06. The van der Waals surface area contributed by atoms with Gasteiger partial charge in [-0.1, -0.05) is 54.4 Å². The molecular weight excluding hydrogens is 469 g/mol. The van der Waals surface area contributed by atoms with Gasteiger partial charge in [0.25, 0.3) is 5.22 Å². The standard InChI is InChI=1S/C23H19Cl2N3O3S/c1-3-21-26-27-23(31-21)32-20(22(29)30)11-17-13(2)28(19-7-5-4-6-16(17)19)12-14-8-9-15(24)10-18(14)25/h4-11H,3,12H2,1-2H3,(H,29,30)/b20-11-. The van der Waals surface area contributed by atoms with Crippen LogP contribution >= 0.6 is 35.0 Å². The Kier molecular flexibility index (Phi) is 6.60. The molecule has 32 heavy (non-hydrogen) atoms. The summed E-state index contributed by atoms with van der Waals surface area (Å²) < 4.78 is 7.60. The summed E-state index contributed by atoms with van der Waals surface area (Å²) in [5, 5.41) is 19.9. The zero-order valence-electron chi connectivity index (χ0n) is 17.3. The third-order valence-corrected chi connectivity index (χ3v) is 6.50. The van der Waals surface area contributed by atoms with Crippen LogP contribution in [0, 0.1) is 6.92 Å². The summed E-state index contributed by atoms with van der Waals surface area (Å²) in [6, 6.07) is 13.3. The summed E-state index contributed by atoms with van der Waals surface area (Å²) in [6.45, 7) is 4.37. The van der Waals surface area contributed by atoms with Crippen LogP contribution in [0.5, 0.6) is 0 Å². The molecule has 2 aromatic heterocycles. The van der Waals surface area contributed by atoms with Crippen molar-refractivity contribution in [3.8, 4) is 0 Å². The van der Waals surface area contributed by atoms with Gasteiger partial charge in [0.1, 0.15) is 4.91 Å². The maximum absolute atomic E-state index is 12.0. The molecule has 0 saturated heterocycles. The molecule has 2 heterocycles. The number of carboxylic acid groups (broad SMARTS) is 1. The van der Waals surface area contributed by atoms with Gasteiger partial charge < -0.3 is 14.1 Å². The Morgan fingerprint density at radius 3 is 2.69 bits per heavy atom. The van der Waals surface area contributed by atoms with Gasteiger partial charge in [-0.2, -0.15) is 0 Å². The number of hydrogen-bond acceptors (Lipinski definition) is 5. The molecule has 0 bridgehead atoms. The summed E-state index contributed by atoms with van der Waals surface area (Å²) in [5.74, 6) is -0.604. The number of carboxylic acids is 1. The Bertz CT molecular complexity index is 1340.